The molecule has 0 spiro atoms. The average molecular weight is 263 g/mol. The molecule has 1 saturated heterocycles. The topological polar surface area (TPSA) is 21.3 Å². The van der Waals surface area contributed by atoms with Gasteiger partial charge in [0.15, 0.2) is 0 Å². The van der Waals surface area contributed by atoms with E-state index < -0.39 is 0 Å². The van der Waals surface area contributed by atoms with Gasteiger partial charge in [-0.15, -0.1) is 0 Å². The minimum absolute atomic E-state index is 0.150. The quantitative estimate of drug-likeness (QED) is 0.881. The number of halogens is 1. The number of hydrogen-bond donors (Lipinski definition) is 1. The van der Waals surface area contributed by atoms with Crippen LogP contribution in [0.15, 0.2) is 18.2 Å². The molecule has 1 aromatic rings. The first-order valence-corrected chi connectivity index (χ1v) is 7.43. The molecule has 19 heavy (non-hydrogen) atoms. The van der Waals surface area contributed by atoms with Crippen molar-refractivity contribution in [2.75, 3.05) is 19.7 Å². The first kappa shape index (κ1) is 12.9. The minimum atomic E-state index is -0.150. The van der Waals surface area contributed by atoms with Gasteiger partial charge >= 0.3 is 0 Å². The normalized spacial score (nSPS) is 20.5. The third-order valence-corrected chi connectivity index (χ3v) is 4.16. The number of benzene rings is 1. The molecule has 0 radical (unpaired) electrons. The van der Waals surface area contributed by atoms with Gasteiger partial charge < -0.3 is 10.1 Å². The first-order chi connectivity index (χ1) is 9.31. The number of rotatable bonds is 5. The fourth-order valence-corrected chi connectivity index (χ4v) is 2.74. The molecular weight excluding hydrogens is 241 g/mol. The Morgan fingerprint density at radius 3 is 2.63 bits per heavy atom. The summed E-state index contributed by atoms with van der Waals surface area (Å²) in [5.41, 5.74) is 1.05. The van der Waals surface area contributed by atoms with Gasteiger partial charge in [0.1, 0.15) is 11.6 Å². The Labute approximate surface area is 114 Å². The van der Waals surface area contributed by atoms with E-state index in [1.54, 1.807) is 12.1 Å². The highest BCUT2D eigenvalue weighted by molar-refractivity contribution is 5.34. The second kappa shape index (κ2) is 5.91. The van der Waals surface area contributed by atoms with Crippen molar-refractivity contribution in [3.8, 4) is 5.75 Å². The van der Waals surface area contributed by atoms with Crippen molar-refractivity contribution in [1.29, 1.82) is 0 Å². The van der Waals surface area contributed by atoms with Crippen molar-refractivity contribution >= 4 is 0 Å². The van der Waals surface area contributed by atoms with E-state index >= 15 is 0 Å². The Morgan fingerprint density at radius 2 is 1.89 bits per heavy atom. The zero-order valence-electron chi connectivity index (χ0n) is 11.3. The molecule has 1 saturated carbocycles. The molecule has 2 fully saturated rings. The number of ether oxygens (including phenoxy) is 1. The number of piperidine rings is 1. The van der Waals surface area contributed by atoms with Crippen molar-refractivity contribution in [3.05, 3.63) is 29.6 Å². The Kier molecular flexibility index (Phi) is 4.02. The second-order valence-electron chi connectivity index (χ2n) is 5.90. The fourth-order valence-electron chi connectivity index (χ4n) is 2.74. The summed E-state index contributed by atoms with van der Waals surface area (Å²) in [6.07, 6.45) is 5.87. The summed E-state index contributed by atoms with van der Waals surface area (Å²) in [6.45, 7) is 2.96. The van der Waals surface area contributed by atoms with Gasteiger partial charge in [0.25, 0.3) is 0 Å². The highest BCUT2D eigenvalue weighted by atomic mass is 19.1. The summed E-state index contributed by atoms with van der Waals surface area (Å²) in [5, 5.41) is 3.37. The molecule has 0 atom stereocenters. The van der Waals surface area contributed by atoms with Crippen LogP contribution in [0.1, 0.15) is 31.2 Å². The monoisotopic (exact) mass is 263 g/mol. The molecule has 3 rings (SSSR count). The fraction of sp³-hybridized carbons (Fsp3) is 0.625. The summed E-state index contributed by atoms with van der Waals surface area (Å²) in [5.74, 6) is 2.14. The molecule has 104 valence electrons. The Bertz CT molecular complexity index is 425. The van der Waals surface area contributed by atoms with E-state index in [4.69, 9.17) is 4.74 Å². The lowest BCUT2D eigenvalue weighted by Crippen LogP contribution is -2.28. The maximum Gasteiger partial charge on any atom is 0.123 e. The van der Waals surface area contributed by atoms with Crippen LogP contribution in [0, 0.1) is 17.7 Å². The molecule has 0 bridgehead atoms. The highest BCUT2D eigenvalue weighted by Crippen LogP contribution is 2.31. The molecular formula is C16H22FNO. The van der Waals surface area contributed by atoms with Gasteiger partial charge in [0.2, 0.25) is 0 Å². The molecule has 1 aromatic carbocycles. The maximum atomic E-state index is 13.4. The van der Waals surface area contributed by atoms with Crippen molar-refractivity contribution in [2.45, 2.75) is 32.1 Å². The zero-order valence-corrected chi connectivity index (χ0v) is 11.3. The van der Waals surface area contributed by atoms with E-state index in [0.717, 1.165) is 43.3 Å². The van der Waals surface area contributed by atoms with Gasteiger partial charge in [-0.1, -0.05) is 0 Å². The smallest absolute Gasteiger partial charge is 0.123 e. The molecule has 1 aliphatic carbocycles. The van der Waals surface area contributed by atoms with Gasteiger partial charge in [-0.2, -0.15) is 0 Å². The molecule has 1 aliphatic heterocycles. The predicted octanol–water partition coefficient (Wildman–Crippen LogP) is 3.16. The van der Waals surface area contributed by atoms with E-state index in [1.807, 2.05) is 0 Å². The first-order valence-electron chi connectivity index (χ1n) is 7.43. The lowest BCUT2D eigenvalue weighted by Gasteiger charge is -2.23. The molecule has 0 amide bonds. The third kappa shape index (κ3) is 3.69. The number of hydrogen-bond acceptors (Lipinski definition) is 2. The predicted molar refractivity (Wildman–Crippen MR) is 73.9 cm³/mol. The van der Waals surface area contributed by atoms with Crippen LogP contribution < -0.4 is 10.1 Å². The standard InChI is InChI=1S/C16H22FNO/c17-15-3-4-16(19-11-13-1-2-13)14(10-15)9-12-5-7-18-8-6-12/h3-4,10,12-13,18H,1-2,5-9,11H2. The van der Waals surface area contributed by atoms with Crippen LogP contribution in [-0.2, 0) is 6.42 Å². The van der Waals surface area contributed by atoms with Crippen molar-refractivity contribution in [2.24, 2.45) is 11.8 Å². The lowest BCUT2D eigenvalue weighted by atomic mass is 9.90. The summed E-state index contributed by atoms with van der Waals surface area (Å²) < 4.78 is 19.3. The SMILES string of the molecule is Fc1ccc(OCC2CC2)c(CC2CCNCC2)c1. The van der Waals surface area contributed by atoms with Gasteiger partial charge in [0.05, 0.1) is 6.61 Å². The van der Waals surface area contributed by atoms with Crippen molar-refractivity contribution in [1.82, 2.24) is 5.32 Å². The molecule has 1 N–H and O–H groups in total. The summed E-state index contributed by atoms with van der Waals surface area (Å²) in [4.78, 5) is 0. The average Bonchev–Trinajstić information content (AvgIpc) is 3.23. The van der Waals surface area contributed by atoms with Gasteiger partial charge in [-0.25, -0.2) is 4.39 Å². The molecule has 0 aromatic heterocycles. The minimum Gasteiger partial charge on any atom is -0.493 e. The highest BCUT2D eigenvalue weighted by Gasteiger charge is 2.23. The van der Waals surface area contributed by atoms with Crippen molar-refractivity contribution in [3.63, 3.8) is 0 Å². The van der Waals surface area contributed by atoms with Crippen LogP contribution in [0.5, 0.6) is 5.75 Å². The maximum absolute atomic E-state index is 13.4. The number of nitrogens with one attached hydrogen (secondary N) is 1. The van der Waals surface area contributed by atoms with Crippen LogP contribution in [0.2, 0.25) is 0 Å². The van der Waals surface area contributed by atoms with E-state index in [9.17, 15) is 4.39 Å². The Balaban J connectivity index is 1.67. The summed E-state index contributed by atoms with van der Waals surface area (Å²) in [7, 11) is 0. The van der Waals surface area contributed by atoms with E-state index in [-0.39, 0.29) is 5.82 Å². The molecule has 2 nitrogen and oxygen atoms in total. The largest absolute Gasteiger partial charge is 0.493 e. The van der Waals surface area contributed by atoms with Crippen molar-refractivity contribution < 1.29 is 9.13 Å². The van der Waals surface area contributed by atoms with Crippen LogP contribution >= 0.6 is 0 Å². The lowest BCUT2D eigenvalue weighted by molar-refractivity contribution is 0.291. The van der Waals surface area contributed by atoms with E-state index in [1.165, 1.54) is 31.7 Å². The van der Waals surface area contributed by atoms with E-state index in [0.29, 0.717) is 5.92 Å². The summed E-state index contributed by atoms with van der Waals surface area (Å²) >= 11 is 0. The van der Waals surface area contributed by atoms with Crippen LogP contribution in [0.3, 0.4) is 0 Å². The van der Waals surface area contributed by atoms with Gasteiger partial charge in [-0.05, 0) is 80.8 Å². The zero-order chi connectivity index (χ0) is 13.1. The van der Waals surface area contributed by atoms with E-state index in [2.05, 4.69) is 5.32 Å². The Morgan fingerprint density at radius 1 is 1.11 bits per heavy atom. The van der Waals surface area contributed by atoms with Crippen LogP contribution in [-0.4, -0.2) is 19.7 Å². The van der Waals surface area contributed by atoms with Gasteiger partial charge in [-0.3, -0.25) is 0 Å². The molecule has 3 heteroatoms. The second-order valence-corrected chi connectivity index (χ2v) is 5.90. The van der Waals surface area contributed by atoms with Gasteiger partial charge in [0, 0.05) is 0 Å². The molecule has 1 heterocycles. The van der Waals surface area contributed by atoms with Crippen LogP contribution in [0.25, 0.3) is 0 Å². The Hall–Kier alpha value is -1.09. The van der Waals surface area contributed by atoms with Crippen LogP contribution in [0.4, 0.5) is 4.39 Å². The molecule has 2 aliphatic rings. The third-order valence-electron chi connectivity index (χ3n) is 4.16. The molecule has 0 unspecified atom stereocenters. The summed E-state index contributed by atoms with van der Waals surface area (Å²) in [6, 6.07) is 4.96.